The molecule has 0 saturated heterocycles. The van der Waals surface area contributed by atoms with Gasteiger partial charge in [-0.25, -0.2) is 4.98 Å². The quantitative estimate of drug-likeness (QED) is 0.789. The summed E-state index contributed by atoms with van der Waals surface area (Å²) in [5, 5.41) is 5.53. The number of aromatic nitrogens is 1. The van der Waals surface area contributed by atoms with Gasteiger partial charge in [-0.05, 0) is 12.5 Å². The van der Waals surface area contributed by atoms with Gasteiger partial charge < -0.3 is 11.1 Å². The third-order valence-electron chi connectivity index (χ3n) is 1.81. The Kier molecular flexibility index (Phi) is 4.71. The molecule has 3 N–H and O–H groups in total. The summed E-state index contributed by atoms with van der Waals surface area (Å²) in [6.07, 6.45) is 0.738. The van der Waals surface area contributed by atoms with Gasteiger partial charge in [-0.1, -0.05) is 13.8 Å². The molecule has 0 aliphatic rings. The Morgan fingerprint density at radius 2 is 2.40 bits per heavy atom. The maximum absolute atomic E-state index is 11.6. The van der Waals surface area contributed by atoms with E-state index in [1.807, 2.05) is 0 Å². The van der Waals surface area contributed by atoms with Crippen LogP contribution in [0, 0.1) is 5.92 Å². The first kappa shape index (κ1) is 12.1. The zero-order valence-electron chi connectivity index (χ0n) is 9.12. The molecule has 15 heavy (non-hydrogen) atoms. The Morgan fingerprint density at radius 1 is 1.67 bits per heavy atom. The lowest BCUT2D eigenvalue weighted by atomic mass is 10.2. The summed E-state index contributed by atoms with van der Waals surface area (Å²) in [6.45, 7) is 5.37. The minimum absolute atomic E-state index is 0.0942. The fourth-order valence-electron chi connectivity index (χ4n) is 1.04. The van der Waals surface area contributed by atoms with Gasteiger partial charge in [0.2, 0.25) is 0 Å². The zero-order valence-corrected chi connectivity index (χ0v) is 9.93. The van der Waals surface area contributed by atoms with Crippen LogP contribution in [0.4, 0.5) is 0 Å². The van der Waals surface area contributed by atoms with Crippen molar-refractivity contribution >= 4 is 17.2 Å². The first-order valence-corrected chi connectivity index (χ1v) is 5.94. The van der Waals surface area contributed by atoms with E-state index >= 15 is 0 Å². The molecule has 0 fully saturated rings. The first-order valence-electron chi connectivity index (χ1n) is 5.06. The highest BCUT2D eigenvalue weighted by molar-refractivity contribution is 7.09. The van der Waals surface area contributed by atoms with Gasteiger partial charge in [-0.15, -0.1) is 11.3 Å². The fourth-order valence-corrected chi connectivity index (χ4v) is 1.84. The summed E-state index contributed by atoms with van der Waals surface area (Å²) in [7, 11) is 0. The highest BCUT2D eigenvalue weighted by Crippen LogP contribution is 2.09. The summed E-state index contributed by atoms with van der Waals surface area (Å²) in [4.78, 5) is 15.8. The van der Waals surface area contributed by atoms with Crippen LogP contribution in [0.2, 0.25) is 0 Å². The molecule has 5 heteroatoms. The lowest BCUT2D eigenvalue weighted by Gasteiger charge is -2.05. The molecule has 0 saturated carbocycles. The van der Waals surface area contributed by atoms with Crippen molar-refractivity contribution in [1.29, 1.82) is 0 Å². The molecule has 0 bridgehead atoms. The Morgan fingerprint density at radius 3 is 3.00 bits per heavy atom. The van der Waals surface area contributed by atoms with E-state index in [4.69, 9.17) is 5.73 Å². The van der Waals surface area contributed by atoms with E-state index in [2.05, 4.69) is 24.1 Å². The van der Waals surface area contributed by atoms with E-state index in [9.17, 15) is 4.79 Å². The Labute approximate surface area is 93.9 Å². The van der Waals surface area contributed by atoms with Crippen molar-refractivity contribution in [2.45, 2.75) is 20.3 Å². The summed E-state index contributed by atoms with van der Waals surface area (Å²) in [5.41, 5.74) is 5.91. The first-order chi connectivity index (χ1) is 7.13. The molecular formula is C10H17N3OS. The molecule has 1 rings (SSSR count). The van der Waals surface area contributed by atoms with Gasteiger partial charge in [0.25, 0.3) is 5.91 Å². The molecule has 1 heterocycles. The van der Waals surface area contributed by atoms with E-state index in [0.717, 1.165) is 11.4 Å². The van der Waals surface area contributed by atoms with Gasteiger partial charge >= 0.3 is 0 Å². The molecule has 0 aliphatic heterocycles. The van der Waals surface area contributed by atoms with Gasteiger partial charge in [-0.2, -0.15) is 0 Å². The number of nitrogens with one attached hydrogen (secondary N) is 1. The number of rotatable bonds is 5. The molecule has 0 atom stereocenters. The molecule has 1 aromatic heterocycles. The largest absolute Gasteiger partial charge is 0.350 e. The number of hydrogen-bond donors (Lipinski definition) is 2. The Hall–Kier alpha value is -0.940. The molecular weight excluding hydrogens is 210 g/mol. The van der Waals surface area contributed by atoms with Gasteiger partial charge in [0.1, 0.15) is 5.69 Å². The SMILES string of the molecule is CC(C)CNC(=O)c1csc(CCN)n1. The van der Waals surface area contributed by atoms with Crippen LogP contribution in [0.1, 0.15) is 29.3 Å². The van der Waals surface area contributed by atoms with Gasteiger partial charge in [0.15, 0.2) is 0 Å². The molecule has 0 spiro atoms. The van der Waals surface area contributed by atoms with Crippen LogP contribution in [0.5, 0.6) is 0 Å². The lowest BCUT2D eigenvalue weighted by Crippen LogP contribution is -2.27. The molecule has 1 amide bonds. The van der Waals surface area contributed by atoms with Crippen LogP contribution >= 0.6 is 11.3 Å². The van der Waals surface area contributed by atoms with Crippen molar-refractivity contribution in [2.75, 3.05) is 13.1 Å². The molecule has 0 unspecified atom stereocenters. The van der Waals surface area contributed by atoms with Crippen LogP contribution in [0.25, 0.3) is 0 Å². The zero-order chi connectivity index (χ0) is 11.3. The van der Waals surface area contributed by atoms with Crippen LogP contribution in [-0.2, 0) is 6.42 Å². The molecule has 4 nitrogen and oxygen atoms in total. The highest BCUT2D eigenvalue weighted by Gasteiger charge is 2.10. The standard InChI is InChI=1S/C10H17N3OS/c1-7(2)5-12-10(14)8-6-15-9(13-8)3-4-11/h6-7H,3-5,11H2,1-2H3,(H,12,14). The third-order valence-corrected chi connectivity index (χ3v) is 2.72. The predicted octanol–water partition coefficient (Wildman–Crippen LogP) is 1.03. The molecule has 0 aliphatic carbocycles. The minimum atomic E-state index is -0.0942. The Balaban J connectivity index is 2.50. The molecule has 1 aromatic rings. The van der Waals surface area contributed by atoms with Gasteiger partial charge in [0.05, 0.1) is 5.01 Å². The van der Waals surface area contributed by atoms with E-state index in [0.29, 0.717) is 24.7 Å². The topological polar surface area (TPSA) is 68.0 Å². The smallest absolute Gasteiger partial charge is 0.270 e. The number of hydrogen-bond acceptors (Lipinski definition) is 4. The fraction of sp³-hybridized carbons (Fsp3) is 0.600. The second-order valence-corrected chi connectivity index (χ2v) is 4.71. The van der Waals surface area contributed by atoms with E-state index in [-0.39, 0.29) is 5.91 Å². The van der Waals surface area contributed by atoms with Crippen LogP contribution in [-0.4, -0.2) is 24.0 Å². The normalized spacial score (nSPS) is 10.7. The third kappa shape index (κ3) is 3.97. The second kappa shape index (κ2) is 5.82. The summed E-state index contributed by atoms with van der Waals surface area (Å²) < 4.78 is 0. The monoisotopic (exact) mass is 227 g/mol. The number of carbonyl (C=O) groups is 1. The average Bonchev–Trinajstić information content (AvgIpc) is 2.63. The van der Waals surface area contributed by atoms with E-state index in [1.54, 1.807) is 5.38 Å². The maximum atomic E-state index is 11.6. The van der Waals surface area contributed by atoms with E-state index < -0.39 is 0 Å². The number of thiazole rings is 1. The summed E-state index contributed by atoms with van der Waals surface area (Å²) in [6, 6.07) is 0. The van der Waals surface area contributed by atoms with Crippen LogP contribution in [0.15, 0.2) is 5.38 Å². The number of nitrogens with two attached hydrogens (primary N) is 1. The van der Waals surface area contributed by atoms with Crippen LogP contribution < -0.4 is 11.1 Å². The lowest BCUT2D eigenvalue weighted by molar-refractivity contribution is 0.0944. The Bertz CT molecular complexity index is 322. The molecule has 84 valence electrons. The number of carbonyl (C=O) groups excluding carboxylic acids is 1. The van der Waals surface area contributed by atoms with Crippen molar-refractivity contribution in [2.24, 2.45) is 11.7 Å². The maximum Gasteiger partial charge on any atom is 0.270 e. The summed E-state index contributed by atoms with van der Waals surface area (Å²) >= 11 is 1.48. The van der Waals surface area contributed by atoms with Crippen molar-refractivity contribution < 1.29 is 4.79 Å². The van der Waals surface area contributed by atoms with Crippen molar-refractivity contribution in [3.05, 3.63) is 16.1 Å². The number of amides is 1. The molecule has 0 radical (unpaired) electrons. The second-order valence-electron chi connectivity index (χ2n) is 3.77. The van der Waals surface area contributed by atoms with E-state index in [1.165, 1.54) is 11.3 Å². The minimum Gasteiger partial charge on any atom is -0.350 e. The highest BCUT2D eigenvalue weighted by atomic mass is 32.1. The molecule has 0 aromatic carbocycles. The van der Waals surface area contributed by atoms with Crippen molar-refractivity contribution in [1.82, 2.24) is 10.3 Å². The van der Waals surface area contributed by atoms with Gasteiger partial charge in [-0.3, -0.25) is 4.79 Å². The summed E-state index contributed by atoms with van der Waals surface area (Å²) in [5.74, 6) is 0.360. The van der Waals surface area contributed by atoms with Gasteiger partial charge in [0, 0.05) is 18.3 Å². The van der Waals surface area contributed by atoms with Crippen molar-refractivity contribution in [3.63, 3.8) is 0 Å². The van der Waals surface area contributed by atoms with Crippen LogP contribution in [0.3, 0.4) is 0 Å². The average molecular weight is 227 g/mol. The predicted molar refractivity (Wildman–Crippen MR) is 62.0 cm³/mol. The number of nitrogens with zero attached hydrogens (tertiary/aromatic N) is 1. The van der Waals surface area contributed by atoms with Crippen molar-refractivity contribution in [3.8, 4) is 0 Å².